The number of nitrogens with zero attached hydrogens (tertiary/aromatic N) is 2. The van der Waals surface area contributed by atoms with Gasteiger partial charge in [-0.05, 0) is 30.3 Å². The van der Waals surface area contributed by atoms with Crippen molar-refractivity contribution in [3.05, 3.63) is 62.9 Å². The molecule has 0 atom stereocenters. The van der Waals surface area contributed by atoms with Crippen LogP contribution >= 0.6 is 35.0 Å². The SMILES string of the molecule is COCCn1c(SCC(=O)Nc2ccccc2Cl)nc2cc(Cl)ccc2c1=O. The highest BCUT2D eigenvalue weighted by molar-refractivity contribution is 7.99. The number of carbonyl (C=O) groups is 1. The number of ether oxygens (including phenoxy) is 1. The summed E-state index contributed by atoms with van der Waals surface area (Å²) in [5, 5.41) is 4.58. The van der Waals surface area contributed by atoms with E-state index in [1.54, 1.807) is 49.6 Å². The summed E-state index contributed by atoms with van der Waals surface area (Å²) >= 11 is 13.3. The van der Waals surface area contributed by atoms with Gasteiger partial charge in [-0.1, -0.05) is 47.1 Å². The average Bonchev–Trinajstić information content (AvgIpc) is 2.67. The minimum Gasteiger partial charge on any atom is -0.383 e. The van der Waals surface area contributed by atoms with Crippen LogP contribution in [0.2, 0.25) is 10.0 Å². The average molecular weight is 438 g/mol. The Kier molecular flexibility index (Phi) is 6.96. The van der Waals surface area contributed by atoms with Gasteiger partial charge >= 0.3 is 0 Å². The summed E-state index contributed by atoms with van der Waals surface area (Å²) in [6, 6.07) is 11.9. The maximum Gasteiger partial charge on any atom is 0.262 e. The first-order valence-corrected chi connectivity index (χ1v) is 10.1. The number of aromatic nitrogens is 2. The zero-order valence-corrected chi connectivity index (χ0v) is 17.3. The van der Waals surface area contributed by atoms with Crippen molar-refractivity contribution in [2.75, 3.05) is 24.8 Å². The van der Waals surface area contributed by atoms with E-state index in [0.29, 0.717) is 44.9 Å². The molecular weight excluding hydrogens is 421 g/mol. The Morgan fingerprint density at radius 1 is 1.25 bits per heavy atom. The largest absolute Gasteiger partial charge is 0.383 e. The molecule has 0 spiro atoms. The van der Waals surface area contributed by atoms with Crippen LogP contribution in [0.4, 0.5) is 5.69 Å². The molecule has 1 N–H and O–H groups in total. The Hall–Kier alpha value is -2.06. The number of hydrogen-bond acceptors (Lipinski definition) is 5. The molecule has 6 nitrogen and oxygen atoms in total. The van der Waals surface area contributed by atoms with Crippen molar-refractivity contribution in [1.29, 1.82) is 0 Å². The molecular formula is C19H17Cl2N3O3S. The van der Waals surface area contributed by atoms with E-state index in [1.807, 2.05) is 0 Å². The summed E-state index contributed by atoms with van der Waals surface area (Å²) in [5.41, 5.74) is 0.817. The van der Waals surface area contributed by atoms with Gasteiger partial charge in [-0.2, -0.15) is 0 Å². The maximum atomic E-state index is 12.8. The quantitative estimate of drug-likeness (QED) is 0.445. The number of carbonyl (C=O) groups excluding carboxylic acids is 1. The molecule has 0 aliphatic heterocycles. The lowest BCUT2D eigenvalue weighted by molar-refractivity contribution is -0.113. The number of amides is 1. The van der Waals surface area contributed by atoms with Gasteiger partial charge < -0.3 is 10.1 Å². The van der Waals surface area contributed by atoms with Gasteiger partial charge in [0.1, 0.15) is 0 Å². The van der Waals surface area contributed by atoms with Crippen LogP contribution in [0, 0.1) is 0 Å². The number of fused-ring (bicyclic) bond motifs is 1. The molecule has 3 aromatic rings. The van der Waals surface area contributed by atoms with Crippen molar-refractivity contribution in [3.8, 4) is 0 Å². The van der Waals surface area contributed by atoms with Crippen LogP contribution in [-0.2, 0) is 16.1 Å². The summed E-state index contributed by atoms with van der Waals surface area (Å²) in [4.78, 5) is 29.7. The van der Waals surface area contributed by atoms with Gasteiger partial charge in [-0.25, -0.2) is 4.98 Å². The minimum atomic E-state index is -0.253. The highest BCUT2D eigenvalue weighted by Gasteiger charge is 2.14. The number of benzene rings is 2. The second-order valence-corrected chi connectivity index (χ2v) is 7.61. The van der Waals surface area contributed by atoms with Crippen molar-refractivity contribution in [1.82, 2.24) is 9.55 Å². The first kappa shape index (κ1) is 20.7. The molecule has 0 aliphatic carbocycles. The van der Waals surface area contributed by atoms with Gasteiger partial charge in [0.25, 0.3) is 5.56 Å². The van der Waals surface area contributed by atoms with Crippen LogP contribution in [-0.4, -0.2) is 34.9 Å². The summed E-state index contributed by atoms with van der Waals surface area (Å²) < 4.78 is 6.60. The van der Waals surface area contributed by atoms with E-state index in [-0.39, 0.29) is 17.2 Å². The Morgan fingerprint density at radius 2 is 2.04 bits per heavy atom. The summed E-state index contributed by atoms with van der Waals surface area (Å²) in [5.74, 6) is -0.187. The molecule has 9 heteroatoms. The van der Waals surface area contributed by atoms with Gasteiger partial charge in [0.2, 0.25) is 5.91 Å². The maximum absolute atomic E-state index is 12.8. The second-order valence-electron chi connectivity index (χ2n) is 5.82. The predicted octanol–water partition coefficient (Wildman–Crippen LogP) is 4.08. The molecule has 0 aliphatic rings. The monoisotopic (exact) mass is 437 g/mol. The van der Waals surface area contributed by atoms with E-state index in [1.165, 1.54) is 4.57 Å². The van der Waals surface area contributed by atoms with Crippen molar-refractivity contribution < 1.29 is 9.53 Å². The number of rotatable bonds is 7. The Labute approximate surface area is 175 Å². The molecule has 1 heterocycles. The van der Waals surface area contributed by atoms with E-state index >= 15 is 0 Å². The smallest absolute Gasteiger partial charge is 0.262 e. The normalized spacial score (nSPS) is 11.0. The van der Waals surface area contributed by atoms with Crippen LogP contribution in [0.3, 0.4) is 0 Å². The number of para-hydroxylation sites is 1. The van der Waals surface area contributed by atoms with Crippen LogP contribution < -0.4 is 10.9 Å². The fraction of sp³-hybridized carbons (Fsp3) is 0.211. The van der Waals surface area contributed by atoms with Gasteiger partial charge in [0.05, 0.1) is 40.5 Å². The Balaban J connectivity index is 1.85. The number of anilines is 1. The van der Waals surface area contributed by atoms with Crippen LogP contribution in [0.1, 0.15) is 0 Å². The van der Waals surface area contributed by atoms with E-state index in [9.17, 15) is 9.59 Å². The van der Waals surface area contributed by atoms with Gasteiger partial charge in [0.15, 0.2) is 5.16 Å². The molecule has 28 heavy (non-hydrogen) atoms. The molecule has 1 aromatic heterocycles. The number of hydrogen-bond donors (Lipinski definition) is 1. The summed E-state index contributed by atoms with van der Waals surface area (Å²) in [7, 11) is 1.56. The van der Waals surface area contributed by atoms with Gasteiger partial charge in [0, 0.05) is 12.1 Å². The fourth-order valence-corrected chi connectivity index (χ4v) is 3.72. The molecule has 0 saturated carbocycles. The first-order chi connectivity index (χ1) is 13.5. The minimum absolute atomic E-state index is 0.0662. The number of methoxy groups -OCH3 is 1. The summed E-state index contributed by atoms with van der Waals surface area (Å²) in [6.07, 6.45) is 0. The van der Waals surface area contributed by atoms with E-state index in [0.717, 1.165) is 11.8 Å². The lowest BCUT2D eigenvalue weighted by atomic mass is 10.2. The Bertz CT molecular complexity index is 1070. The first-order valence-electron chi connectivity index (χ1n) is 8.36. The molecule has 0 radical (unpaired) electrons. The van der Waals surface area contributed by atoms with Crippen molar-refractivity contribution in [2.24, 2.45) is 0 Å². The zero-order chi connectivity index (χ0) is 20.1. The molecule has 3 rings (SSSR count). The van der Waals surface area contributed by atoms with Crippen molar-refractivity contribution >= 4 is 57.5 Å². The molecule has 2 aromatic carbocycles. The van der Waals surface area contributed by atoms with E-state index in [2.05, 4.69) is 10.3 Å². The number of thioether (sulfide) groups is 1. The molecule has 0 unspecified atom stereocenters. The Morgan fingerprint density at radius 3 is 2.79 bits per heavy atom. The third-order valence-electron chi connectivity index (χ3n) is 3.88. The van der Waals surface area contributed by atoms with E-state index in [4.69, 9.17) is 27.9 Å². The van der Waals surface area contributed by atoms with Crippen molar-refractivity contribution in [2.45, 2.75) is 11.7 Å². The predicted molar refractivity (Wildman–Crippen MR) is 114 cm³/mol. The summed E-state index contributed by atoms with van der Waals surface area (Å²) in [6.45, 7) is 0.676. The van der Waals surface area contributed by atoms with E-state index < -0.39 is 0 Å². The molecule has 0 saturated heterocycles. The molecule has 0 bridgehead atoms. The lowest BCUT2D eigenvalue weighted by Gasteiger charge is -2.13. The fourth-order valence-electron chi connectivity index (χ4n) is 2.54. The molecule has 146 valence electrons. The van der Waals surface area contributed by atoms with Crippen LogP contribution in [0.25, 0.3) is 10.9 Å². The second kappa shape index (κ2) is 9.43. The topological polar surface area (TPSA) is 73.2 Å². The number of nitrogens with one attached hydrogen (secondary N) is 1. The number of halogens is 2. The molecule has 0 fully saturated rings. The van der Waals surface area contributed by atoms with Crippen molar-refractivity contribution in [3.63, 3.8) is 0 Å². The highest BCUT2D eigenvalue weighted by Crippen LogP contribution is 2.23. The van der Waals surface area contributed by atoms with Crippen LogP contribution in [0.5, 0.6) is 0 Å². The zero-order valence-electron chi connectivity index (χ0n) is 14.9. The van der Waals surface area contributed by atoms with Gasteiger partial charge in [-0.3, -0.25) is 14.2 Å². The standard InChI is InChI=1S/C19H17Cl2N3O3S/c1-27-9-8-24-18(26)13-7-6-12(20)10-16(13)23-19(24)28-11-17(25)22-15-5-3-2-4-14(15)21/h2-7,10H,8-9,11H2,1H3,(H,22,25). The lowest BCUT2D eigenvalue weighted by Crippen LogP contribution is -2.26. The third kappa shape index (κ3) is 4.86. The van der Waals surface area contributed by atoms with Crippen LogP contribution in [0.15, 0.2) is 52.4 Å². The van der Waals surface area contributed by atoms with Gasteiger partial charge in [-0.15, -0.1) is 0 Å². The third-order valence-corrected chi connectivity index (χ3v) is 5.42. The molecule has 1 amide bonds. The highest BCUT2D eigenvalue weighted by atomic mass is 35.5.